The van der Waals surface area contributed by atoms with Crippen LogP contribution in [0.15, 0.2) is 156 Å². The molecule has 0 atom stereocenters. The second-order valence-electron chi connectivity index (χ2n) is 13.3. The Labute approximate surface area is 283 Å². The van der Waals surface area contributed by atoms with E-state index in [-0.39, 0.29) is 5.41 Å². The van der Waals surface area contributed by atoms with E-state index in [0.29, 0.717) is 0 Å². The second-order valence-corrected chi connectivity index (χ2v) is 14.4. The minimum Gasteiger partial charge on any atom is -0.455 e. The number of nitrogens with zero attached hydrogens (tertiary/aromatic N) is 1. The minimum atomic E-state index is -0.109. The molecule has 0 unspecified atom stereocenters. The molecule has 0 radical (unpaired) electrons. The SMILES string of the molecule is CC1(C)c2ccccc2-c2ccc(N(c3ccc4c(c3)sc3ccccc34)c3cccc4oc5c(-c6ccccc6)cccc5c34)cc21. The monoisotopic (exact) mass is 633 g/mol. The predicted molar refractivity (Wildman–Crippen MR) is 204 cm³/mol. The van der Waals surface area contributed by atoms with Gasteiger partial charge < -0.3 is 9.32 Å². The number of hydrogen-bond donors (Lipinski definition) is 0. The summed E-state index contributed by atoms with van der Waals surface area (Å²) in [5, 5.41) is 4.84. The topological polar surface area (TPSA) is 16.4 Å². The molecule has 0 amide bonds. The number of fused-ring (bicyclic) bond motifs is 9. The maximum absolute atomic E-state index is 6.74. The van der Waals surface area contributed by atoms with E-state index in [1.165, 1.54) is 42.4 Å². The summed E-state index contributed by atoms with van der Waals surface area (Å²) in [5.74, 6) is 0. The van der Waals surface area contributed by atoms with Gasteiger partial charge in [0.15, 0.2) is 0 Å². The average molecular weight is 634 g/mol. The molecule has 0 saturated carbocycles. The molecule has 0 aliphatic heterocycles. The van der Waals surface area contributed by atoms with Crippen LogP contribution in [-0.2, 0) is 5.41 Å². The Morgan fingerprint density at radius 2 is 1.21 bits per heavy atom. The van der Waals surface area contributed by atoms with Crippen LogP contribution in [0.5, 0.6) is 0 Å². The zero-order valence-corrected chi connectivity index (χ0v) is 27.5. The molecule has 0 fully saturated rings. The van der Waals surface area contributed by atoms with E-state index in [1.807, 2.05) is 11.3 Å². The lowest BCUT2D eigenvalue weighted by Crippen LogP contribution is -2.16. The molecule has 1 aliphatic rings. The van der Waals surface area contributed by atoms with Gasteiger partial charge in [0.05, 0.1) is 11.1 Å². The first-order valence-corrected chi connectivity index (χ1v) is 17.3. The Kier molecular flexibility index (Phi) is 5.82. The molecule has 1 aliphatic carbocycles. The van der Waals surface area contributed by atoms with Crippen molar-refractivity contribution in [3.05, 3.63) is 163 Å². The number of furan rings is 1. The second kappa shape index (κ2) is 10.2. The van der Waals surface area contributed by atoms with Crippen LogP contribution < -0.4 is 4.90 Å². The average Bonchev–Trinajstić information content (AvgIpc) is 3.77. The fourth-order valence-corrected chi connectivity index (χ4v) is 9.11. The third kappa shape index (κ3) is 3.92. The van der Waals surface area contributed by atoms with Crippen LogP contribution in [0.25, 0.3) is 64.4 Å². The smallest absolute Gasteiger partial charge is 0.143 e. The Bertz CT molecular complexity index is 2710. The van der Waals surface area contributed by atoms with Gasteiger partial charge in [-0.15, -0.1) is 11.3 Å². The highest BCUT2D eigenvalue weighted by Gasteiger charge is 2.36. The number of rotatable bonds is 4. The molecule has 2 heterocycles. The molecule has 2 aromatic heterocycles. The van der Waals surface area contributed by atoms with Gasteiger partial charge >= 0.3 is 0 Å². The molecule has 7 aromatic carbocycles. The largest absolute Gasteiger partial charge is 0.455 e. The van der Waals surface area contributed by atoms with Gasteiger partial charge in [-0.05, 0) is 70.3 Å². The molecule has 10 rings (SSSR count). The van der Waals surface area contributed by atoms with Crippen molar-refractivity contribution >= 4 is 70.5 Å². The summed E-state index contributed by atoms with van der Waals surface area (Å²) in [6.07, 6.45) is 0. The Balaban J connectivity index is 1.25. The quantitative estimate of drug-likeness (QED) is 0.192. The van der Waals surface area contributed by atoms with Crippen molar-refractivity contribution in [2.75, 3.05) is 4.90 Å². The Morgan fingerprint density at radius 1 is 0.521 bits per heavy atom. The summed E-state index contributed by atoms with van der Waals surface area (Å²) in [5.41, 5.74) is 12.7. The standard InChI is InChI=1S/C45H31NOS/c1-45(2)37-18-8-6-14-32(37)33-24-22-29(26-38(33)45)46(30-23-25-35-34-15-7-9-21-41(34)48-42(35)27-30)39-19-11-20-40-43(39)36-17-10-16-31(44(36)47-40)28-12-4-3-5-13-28/h3-27H,1-2H3. The maximum Gasteiger partial charge on any atom is 0.143 e. The molecule has 0 saturated heterocycles. The van der Waals surface area contributed by atoms with Gasteiger partial charge in [-0.25, -0.2) is 0 Å². The zero-order valence-electron chi connectivity index (χ0n) is 26.7. The number of hydrogen-bond acceptors (Lipinski definition) is 3. The first-order chi connectivity index (χ1) is 23.6. The molecule has 3 heteroatoms. The molecule has 48 heavy (non-hydrogen) atoms. The summed E-state index contributed by atoms with van der Waals surface area (Å²) in [6.45, 7) is 4.70. The zero-order chi connectivity index (χ0) is 32.0. The molecule has 9 aromatic rings. The van der Waals surface area contributed by atoms with E-state index < -0.39 is 0 Å². The highest BCUT2D eigenvalue weighted by atomic mass is 32.1. The molecular formula is C45H31NOS. The van der Waals surface area contributed by atoms with Gasteiger partial charge in [0.2, 0.25) is 0 Å². The van der Waals surface area contributed by atoms with E-state index in [1.54, 1.807) is 0 Å². The number of anilines is 3. The third-order valence-corrected chi connectivity index (χ3v) is 11.4. The Morgan fingerprint density at radius 3 is 2.12 bits per heavy atom. The summed E-state index contributed by atoms with van der Waals surface area (Å²) in [4.78, 5) is 2.44. The van der Waals surface area contributed by atoms with Crippen LogP contribution in [0.2, 0.25) is 0 Å². The summed E-state index contributed by atoms with van der Waals surface area (Å²) >= 11 is 1.86. The van der Waals surface area contributed by atoms with Crippen LogP contribution in [0, 0.1) is 0 Å². The molecule has 228 valence electrons. The van der Waals surface area contributed by atoms with Crippen molar-refractivity contribution < 1.29 is 4.42 Å². The van der Waals surface area contributed by atoms with Crippen LogP contribution >= 0.6 is 11.3 Å². The lowest BCUT2D eigenvalue weighted by atomic mass is 9.82. The summed E-state index contributed by atoms with van der Waals surface area (Å²) in [7, 11) is 0. The van der Waals surface area contributed by atoms with E-state index in [9.17, 15) is 0 Å². The van der Waals surface area contributed by atoms with Crippen molar-refractivity contribution in [3.63, 3.8) is 0 Å². The van der Waals surface area contributed by atoms with E-state index in [2.05, 4.69) is 170 Å². The van der Waals surface area contributed by atoms with Gasteiger partial charge in [-0.1, -0.05) is 123 Å². The summed E-state index contributed by atoms with van der Waals surface area (Å²) in [6, 6.07) is 55.1. The first-order valence-electron chi connectivity index (χ1n) is 16.5. The number of benzene rings is 7. The van der Waals surface area contributed by atoms with E-state index >= 15 is 0 Å². The molecule has 2 nitrogen and oxygen atoms in total. The maximum atomic E-state index is 6.74. The minimum absolute atomic E-state index is 0.109. The Hall–Kier alpha value is -5.64. The van der Waals surface area contributed by atoms with Crippen LogP contribution in [0.3, 0.4) is 0 Å². The van der Waals surface area contributed by atoms with Gasteiger partial charge in [0.1, 0.15) is 11.2 Å². The van der Waals surface area contributed by atoms with Crippen molar-refractivity contribution in [1.82, 2.24) is 0 Å². The van der Waals surface area contributed by atoms with Crippen molar-refractivity contribution in [2.45, 2.75) is 19.3 Å². The molecule has 0 bridgehead atoms. The van der Waals surface area contributed by atoms with Gasteiger partial charge in [-0.2, -0.15) is 0 Å². The van der Waals surface area contributed by atoms with Crippen molar-refractivity contribution in [2.24, 2.45) is 0 Å². The van der Waals surface area contributed by atoms with Gasteiger partial charge in [-0.3, -0.25) is 0 Å². The fourth-order valence-electron chi connectivity index (χ4n) is 7.97. The first kappa shape index (κ1) is 27.5. The highest BCUT2D eigenvalue weighted by molar-refractivity contribution is 7.25. The van der Waals surface area contributed by atoms with Crippen LogP contribution in [0.1, 0.15) is 25.0 Å². The summed E-state index contributed by atoms with van der Waals surface area (Å²) < 4.78 is 9.33. The number of thiophene rings is 1. The lowest BCUT2D eigenvalue weighted by Gasteiger charge is -2.28. The van der Waals surface area contributed by atoms with E-state index in [0.717, 1.165) is 50.1 Å². The number of para-hydroxylation sites is 1. The van der Waals surface area contributed by atoms with Crippen molar-refractivity contribution in [3.8, 4) is 22.3 Å². The normalized spacial score (nSPS) is 13.4. The van der Waals surface area contributed by atoms with Gasteiger partial charge in [0, 0.05) is 47.9 Å². The molecule has 0 N–H and O–H groups in total. The highest BCUT2D eigenvalue weighted by Crippen LogP contribution is 2.52. The predicted octanol–water partition coefficient (Wildman–Crippen LogP) is 13.4. The lowest BCUT2D eigenvalue weighted by molar-refractivity contribution is 0.660. The molecular weight excluding hydrogens is 603 g/mol. The van der Waals surface area contributed by atoms with Crippen molar-refractivity contribution in [1.29, 1.82) is 0 Å². The van der Waals surface area contributed by atoms with Gasteiger partial charge in [0.25, 0.3) is 0 Å². The third-order valence-electron chi connectivity index (χ3n) is 10.3. The van der Waals surface area contributed by atoms with Crippen LogP contribution in [0.4, 0.5) is 17.1 Å². The fraction of sp³-hybridized carbons (Fsp3) is 0.0667. The van der Waals surface area contributed by atoms with E-state index in [4.69, 9.17) is 4.42 Å². The van der Waals surface area contributed by atoms with Crippen LogP contribution in [-0.4, -0.2) is 0 Å². The molecule has 0 spiro atoms.